The number of hydrogen-bond donors (Lipinski definition) is 3. The van der Waals surface area contributed by atoms with Crippen molar-refractivity contribution in [1.29, 1.82) is 0 Å². The van der Waals surface area contributed by atoms with Crippen LogP contribution in [0.4, 0.5) is 0 Å². The number of allylic oxidation sites excluding steroid dienone is 4. The van der Waals surface area contributed by atoms with Crippen molar-refractivity contribution in [2.24, 2.45) is 0 Å². The number of ketones is 3. The Morgan fingerprint density at radius 3 is 2.52 bits per heavy atom. The zero-order valence-corrected chi connectivity index (χ0v) is 24.7. The van der Waals surface area contributed by atoms with Crippen molar-refractivity contribution in [3.8, 4) is 17.2 Å². The van der Waals surface area contributed by atoms with E-state index in [0.717, 1.165) is 11.3 Å². The third-order valence-corrected chi connectivity index (χ3v) is 8.39. The second-order valence-electron chi connectivity index (χ2n) is 10.6. The Morgan fingerprint density at radius 2 is 1.86 bits per heavy atom. The Balaban J connectivity index is 1.52. The van der Waals surface area contributed by atoms with Crippen molar-refractivity contribution in [3.05, 3.63) is 87.4 Å². The first-order valence-corrected chi connectivity index (χ1v) is 14.8. The molecule has 0 bridgehead atoms. The van der Waals surface area contributed by atoms with Gasteiger partial charge in [0.25, 0.3) is 0 Å². The number of hydrogen-bond acceptors (Lipinski definition) is 11. The number of fused-ring (bicyclic) bond motifs is 3. The molecule has 1 aliphatic heterocycles. The van der Waals surface area contributed by atoms with Crippen LogP contribution >= 0.6 is 11.8 Å². The number of nitrogens with zero attached hydrogens (tertiary/aromatic N) is 2. The van der Waals surface area contributed by atoms with Gasteiger partial charge in [0.2, 0.25) is 5.89 Å². The fourth-order valence-corrected chi connectivity index (χ4v) is 5.92. The molecule has 5 rings (SSSR count). The lowest BCUT2D eigenvalue weighted by atomic mass is 9.70. The standard InChI is InChI=1S/C31H31N3O7S/c1-15-26(37)24(17(3)35)28-25(27(15)38)31(4)21(40-28)14-20(36)23(29(31)39)16(2)32-19(11-12-42-5)30-33-22(34-41-30)13-18-9-7-6-8-10-18/h6-10,14,19,32,37-38H,11-13H2,1-5H3/b23-16+/t19-,31-/m0/s1. The molecule has 2 aromatic carbocycles. The largest absolute Gasteiger partial charge is 0.507 e. The van der Waals surface area contributed by atoms with Crippen LogP contribution in [0, 0.1) is 6.92 Å². The first-order chi connectivity index (χ1) is 20.0. The molecule has 0 unspecified atom stereocenters. The van der Waals surface area contributed by atoms with E-state index in [4.69, 9.17) is 9.26 Å². The number of phenolic OH excluding ortho intramolecular Hbond substituents is 2. The normalized spacial score (nSPS) is 19.5. The molecule has 2 atom stereocenters. The quantitative estimate of drug-likeness (QED) is 0.182. The average Bonchev–Trinajstić information content (AvgIpc) is 3.53. The van der Waals surface area contributed by atoms with E-state index in [9.17, 15) is 24.6 Å². The average molecular weight is 590 g/mol. The number of thioether (sulfide) groups is 1. The van der Waals surface area contributed by atoms with Gasteiger partial charge in [0.05, 0.1) is 11.1 Å². The highest BCUT2D eigenvalue weighted by Gasteiger charge is 2.56. The van der Waals surface area contributed by atoms with Gasteiger partial charge < -0.3 is 24.8 Å². The zero-order valence-electron chi connectivity index (χ0n) is 23.9. The number of aromatic nitrogens is 2. The lowest BCUT2D eigenvalue weighted by Gasteiger charge is -2.29. The number of ether oxygens (including phenoxy) is 1. The van der Waals surface area contributed by atoms with Crippen LogP contribution in [0.2, 0.25) is 0 Å². The second-order valence-corrected chi connectivity index (χ2v) is 11.6. The fourth-order valence-electron chi connectivity index (χ4n) is 5.45. The van der Waals surface area contributed by atoms with Crippen LogP contribution < -0.4 is 10.1 Å². The smallest absolute Gasteiger partial charge is 0.249 e. The Labute approximate surface area is 246 Å². The minimum absolute atomic E-state index is 0.0201. The molecule has 11 heteroatoms. The van der Waals surface area contributed by atoms with Crippen molar-refractivity contribution in [2.45, 2.75) is 52.0 Å². The molecule has 2 aliphatic rings. The maximum atomic E-state index is 14.2. The van der Waals surface area contributed by atoms with Crippen molar-refractivity contribution in [2.75, 3.05) is 12.0 Å². The summed E-state index contributed by atoms with van der Waals surface area (Å²) in [6, 6.07) is 9.27. The predicted octanol–water partition coefficient (Wildman–Crippen LogP) is 4.63. The van der Waals surface area contributed by atoms with Gasteiger partial charge in [-0.2, -0.15) is 16.7 Å². The Kier molecular flexibility index (Phi) is 7.72. The van der Waals surface area contributed by atoms with Crippen LogP contribution in [-0.4, -0.2) is 49.7 Å². The highest BCUT2D eigenvalue weighted by atomic mass is 32.2. The van der Waals surface area contributed by atoms with Gasteiger partial charge in [-0.05, 0) is 51.7 Å². The van der Waals surface area contributed by atoms with Gasteiger partial charge in [0.15, 0.2) is 23.2 Å². The van der Waals surface area contributed by atoms with Crippen molar-refractivity contribution in [1.82, 2.24) is 15.5 Å². The molecule has 1 aromatic heterocycles. The molecule has 1 aliphatic carbocycles. The molecule has 3 aromatic rings. The lowest BCUT2D eigenvalue weighted by molar-refractivity contribution is -0.123. The first kappa shape index (κ1) is 29.1. The van der Waals surface area contributed by atoms with E-state index < -0.39 is 34.6 Å². The highest BCUT2D eigenvalue weighted by Crippen LogP contribution is 2.57. The van der Waals surface area contributed by atoms with Crippen LogP contribution in [0.3, 0.4) is 0 Å². The molecule has 0 spiro atoms. The van der Waals surface area contributed by atoms with Crippen molar-refractivity contribution < 1.29 is 33.9 Å². The summed E-state index contributed by atoms with van der Waals surface area (Å²) >= 11 is 1.63. The molecular formula is C31H31N3O7S. The number of aromatic hydroxyl groups is 2. The lowest BCUT2D eigenvalue weighted by Crippen LogP contribution is -2.41. The van der Waals surface area contributed by atoms with Gasteiger partial charge in [0, 0.05) is 23.8 Å². The summed E-state index contributed by atoms with van der Waals surface area (Å²) in [6.07, 6.45) is 4.23. The van der Waals surface area contributed by atoms with E-state index in [1.807, 2.05) is 36.6 Å². The van der Waals surface area contributed by atoms with E-state index in [1.54, 1.807) is 18.7 Å². The summed E-state index contributed by atoms with van der Waals surface area (Å²) in [7, 11) is 0. The highest BCUT2D eigenvalue weighted by molar-refractivity contribution is 7.98. The number of carbonyl (C=O) groups excluding carboxylic acids is 3. The predicted molar refractivity (Wildman–Crippen MR) is 156 cm³/mol. The second kappa shape index (κ2) is 11.1. The van der Waals surface area contributed by atoms with E-state index in [0.29, 0.717) is 30.3 Å². The molecule has 0 radical (unpaired) electrons. The van der Waals surface area contributed by atoms with Crippen LogP contribution in [0.5, 0.6) is 17.2 Å². The Bertz CT molecular complexity index is 1680. The Morgan fingerprint density at radius 1 is 1.14 bits per heavy atom. The topological polar surface area (TPSA) is 152 Å². The van der Waals surface area contributed by atoms with Crippen molar-refractivity contribution in [3.63, 3.8) is 0 Å². The van der Waals surface area contributed by atoms with E-state index in [-0.39, 0.29) is 39.5 Å². The number of carbonyl (C=O) groups is 3. The number of Topliss-reactive ketones (excluding diaryl/α,β-unsaturated/α-hetero) is 2. The van der Waals surface area contributed by atoms with Crippen LogP contribution in [-0.2, 0) is 21.4 Å². The summed E-state index contributed by atoms with van der Waals surface area (Å²) < 4.78 is 11.4. The molecule has 0 fully saturated rings. The summed E-state index contributed by atoms with van der Waals surface area (Å²) in [6.45, 7) is 5.85. The van der Waals surface area contributed by atoms with Gasteiger partial charge in [0.1, 0.15) is 40.0 Å². The molecule has 0 saturated carbocycles. The molecule has 42 heavy (non-hydrogen) atoms. The van der Waals surface area contributed by atoms with E-state index >= 15 is 0 Å². The third kappa shape index (κ3) is 4.77. The van der Waals surface area contributed by atoms with Gasteiger partial charge in [-0.15, -0.1) is 0 Å². The SMILES string of the molecule is CSCC[C@H](N/C(C)=C1\C(=O)C=C2Oc3c(C(C)=O)c(O)c(C)c(O)c3[C@@]2(C)C1=O)c1nc(Cc2ccccc2)no1. The number of benzene rings is 2. The molecule has 10 nitrogen and oxygen atoms in total. The summed E-state index contributed by atoms with van der Waals surface area (Å²) in [5, 5.41) is 29.0. The van der Waals surface area contributed by atoms with Crippen LogP contribution in [0.15, 0.2) is 58.0 Å². The van der Waals surface area contributed by atoms with Crippen molar-refractivity contribution >= 4 is 29.1 Å². The third-order valence-electron chi connectivity index (χ3n) is 7.75. The van der Waals surface area contributed by atoms with Crippen LogP contribution in [0.25, 0.3) is 0 Å². The molecule has 3 N–H and O–H groups in total. The van der Waals surface area contributed by atoms with Gasteiger partial charge in [-0.3, -0.25) is 14.4 Å². The summed E-state index contributed by atoms with van der Waals surface area (Å²) in [4.78, 5) is 44.5. The number of nitrogens with one attached hydrogen (secondary N) is 1. The molecule has 0 amide bonds. The van der Waals surface area contributed by atoms with E-state index in [2.05, 4.69) is 15.5 Å². The van der Waals surface area contributed by atoms with Gasteiger partial charge in [-0.1, -0.05) is 35.5 Å². The first-order valence-electron chi connectivity index (χ1n) is 13.4. The van der Waals surface area contributed by atoms with Crippen LogP contribution in [0.1, 0.15) is 72.0 Å². The Hall–Kier alpha value is -4.38. The maximum Gasteiger partial charge on any atom is 0.249 e. The maximum absolute atomic E-state index is 14.2. The van der Waals surface area contributed by atoms with Gasteiger partial charge in [-0.25, -0.2) is 0 Å². The fraction of sp³-hybridized carbons (Fsp3) is 0.323. The number of phenols is 2. The number of rotatable bonds is 9. The van der Waals surface area contributed by atoms with Gasteiger partial charge >= 0.3 is 0 Å². The van der Waals surface area contributed by atoms with E-state index in [1.165, 1.54) is 26.8 Å². The summed E-state index contributed by atoms with van der Waals surface area (Å²) in [5.74, 6) is -1.08. The molecule has 0 saturated heterocycles. The summed E-state index contributed by atoms with van der Waals surface area (Å²) in [5.41, 5.74) is -0.470. The molecular weight excluding hydrogens is 558 g/mol. The molecule has 2 heterocycles. The minimum atomic E-state index is -1.60. The monoisotopic (exact) mass is 589 g/mol. The minimum Gasteiger partial charge on any atom is -0.507 e. The zero-order chi connectivity index (χ0) is 30.3. The molecule has 218 valence electrons.